The van der Waals surface area contributed by atoms with E-state index in [1.165, 1.54) is 6.42 Å². The number of imidazole rings is 1. The van der Waals surface area contributed by atoms with Gasteiger partial charge in [0.1, 0.15) is 6.04 Å². The number of rotatable bonds is 2. The molecular formula is C16H21N3OS. The zero-order chi connectivity index (χ0) is 15.0. The Bertz CT molecular complexity index is 725. The Kier molecular flexibility index (Phi) is 3.85. The van der Waals surface area contributed by atoms with Gasteiger partial charge in [-0.15, -0.1) is 0 Å². The molecule has 0 bridgehead atoms. The number of carbonyl (C=O) groups is 1. The van der Waals surface area contributed by atoms with Crippen molar-refractivity contribution in [2.24, 2.45) is 0 Å². The van der Waals surface area contributed by atoms with E-state index in [9.17, 15) is 4.79 Å². The third-order valence-corrected chi connectivity index (χ3v) is 4.67. The standard InChI is InChI=1S/C16H21N3OS/c1-11-7-6-8-13-14(11)17-16(21)19(13)12(2)15(20)18-9-4-3-5-10-18/h6-8,12H,3-5,9-10H2,1-2H3,(H,17,21). The largest absolute Gasteiger partial charge is 0.341 e. The fraction of sp³-hybridized carbons (Fsp3) is 0.500. The fourth-order valence-electron chi connectivity index (χ4n) is 3.17. The van der Waals surface area contributed by atoms with E-state index in [4.69, 9.17) is 12.2 Å². The highest BCUT2D eigenvalue weighted by molar-refractivity contribution is 7.71. The molecule has 112 valence electrons. The third-order valence-electron chi connectivity index (χ3n) is 4.37. The fourth-order valence-corrected chi connectivity index (χ4v) is 3.52. The van der Waals surface area contributed by atoms with Crippen LogP contribution in [0.1, 0.15) is 37.8 Å². The van der Waals surface area contributed by atoms with Gasteiger partial charge < -0.3 is 14.5 Å². The predicted molar refractivity (Wildman–Crippen MR) is 87.0 cm³/mol. The maximum absolute atomic E-state index is 12.7. The molecule has 0 saturated carbocycles. The molecule has 1 aromatic carbocycles. The Morgan fingerprint density at radius 3 is 2.71 bits per heavy atom. The van der Waals surface area contributed by atoms with Gasteiger partial charge in [0.25, 0.3) is 0 Å². The van der Waals surface area contributed by atoms with Crippen LogP contribution >= 0.6 is 12.2 Å². The van der Waals surface area contributed by atoms with Crippen LogP contribution in [0.3, 0.4) is 0 Å². The summed E-state index contributed by atoms with van der Waals surface area (Å²) >= 11 is 5.45. The van der Waals surface area contributed by atoms with Gasteiger partial charge in [-0.05, 0) is 57.0 Å². The molecule has 1 aliphatic rings. The van der Waals surface area contributed by atoms with Crippen LogP contribution in [0, 0.1) is 11.7 Å². The topological polar surface area (TPSA) is 41.0 Å². The summed E-state index contributed by atoms with van der Waals surface area (Å²) in [5.74, 6) is 0.174. The highest BCUT2D eigenvalue weighted by Gasteiger charge is 2.25. The van der Waals surface area contributed by atoms with Crippen LogP contribution < -0.4 is 0 Å². The first kappa shape index (κ1) is 14.3. The molecule has 1 aromatic heterocycles. The molecule has 1 amide bonds. The van der Waals surface area contributed by atoms with Gasteiger partial charge in [0.15, 0.2) is 4.77 Å². The molecule has 5 heteroatoms. The number of benzene rings is 1. The lowest BCUT2D eigenvalue weighted by atomic mass is 10.1. The van der Waals surface area contributed by atoms with E-state index in [2.05, 4.69) is 18.0 Å². The van der Waals surface area contributed by atoms with Gasteiger partial charge in [0.2, 0.25) is 5.91 Å². The number of hydrogen-bond donors (Lipinski definition) is 1. The number of aromatic amines is 1. The van der Waals surface area contributed by atoms with Crippen molar-refractivity contribution < 1.29 is 4.79 Å². The predicted octanol–water partition coefficient (Wildman–Crippen LogP) is 3.58. The summed E-state index contributed by atoms with van der Waals surface area (Å²) in [6.45, 7) is 5.74. The van der Waals surface area contributed by atoms with Crippen molar-refractivity contribution in [2.75, 3.05) is 13.1 Å². The second-order valence-corrected chi connectivity index (χ2v) is 6.22. The van der Waals surface area contributed by atoms with Crippen LogP contribution in [0.15, 0.2) is 18.2 Å². The molecule has 1 unspecified atom stereocenters. The van der Waals surface area contributed by atoms with Gasteiger partial charge in [0, 0.05) is 13.1 Å². The molecule has 0 aliphatic carbocycles. The molecule has 3 rings (SSSR count). The average molecular weight is 303 g/mol. The van der Waals surface area contributed by atoms with Crippen molar-refractivity contribution in [2.45, 2.75) is 39.2 Å². The molecule has 1 fully saturated rings. The van der Waals surface area contributed by atoms with Crippen molar-refractivity contribution in [3.8, 4) is 0 Å². The van der Waals surface area contributed by atoms with E-state index in [0.29, 0.717) is 4.77 Å². The zero-order valence-corrected chi connectivity index (χ0v) is 13.4. The molecule has 2 aromatic rings. The van der Waals surface area contributed by atoms with Gasteiger partial charge in [-0.2, -0.15) is 0 Å². The lowest BCUT2D eigenvalue weighted by Crippen LogP contribution is -2.39. The van der Waals surface area contributed by atoms with Gasteiger partial charge in [-0.1, -0.05) is 12.1 Å². The first-order valence-electron chi connectivity index (χ1n) is 7.58. The second-order valence-electron chi connectivity index (χ2n) is 5.83. The van der Waals surface area contributed by atoms with Gasteiger partial charge in [-0.3, -0.25) is 4.79 Å². The van der Waals surface area contributed by atoms with E-state index >= 15 is 0 Å². The maximum Gasteiger partial charge on any atom is 0.245 e. The van der Waals surface area contributed by atoms with Crippen LogP contribution in [0.25, 0.3) is 11.0 Å². The third kappa shape index (κ3) is 2.50. The van der Waals surface area contributed by atoms with Crippen molar-refractivity contribution in [1.82, 2.24) is 14.5 Å². The van der Waals surface area contributed by atoms with Gasteiger partial charge in [0.05, 0.1) is 11.0 Å². The first-order chi connectivity index (χ1) is 10.1. The molecule has 1 N–H and O–H groups in total. The number of H-pyrrole nitrogens is 1. The highest BCUT2D eigenvalue weighted by Crippen LogP contribution is 2.24. The summed E-state index contributed by atoms with van der Waals surface area (Å²) in [6.07, 6.45) is 3.44. The number of hydrogen-bond acceptors (Lipinski definition) is 2. The lowest BCUT2D eigenvalue weighted by Gasteiger charge is -2.29. The van der Waals surface area contributed by atoms with E-state index in [-0.39, 0.29) is 11.9 Å². The number of fused-ring (bicyclic) bond motifs is 1. The monoisotopic (exact) mass is 303 g/mol. The normalized spacial score (nSPS) is 17.1. The summed E-state index contributed by atoms with van der Waals surface area (Å²) in [6, 6.07) is 5.82. The minimum absolute atomic E-state index is 0.174. The van der Waals surface area contributed by atoms with Crippen LogP contribution in [0.5, 0.6) is 0 Å². The van der Waals surface area contributed by atoms with E-state index in [1.807, 2.05) is 28.5 Å². The van der Waals surface area contributed by atoms with Gasteiger partial charge >= 0.3 is 0 Å². The molecule has 0 radical (unpaired) electrons. The summed E-state index contributed by atoms with van der Waals surface area (Å²) in [4.78, 5) is 17.9. The quantitative estimate of drug-likeness (QED) is 0.862. The van der Waals surface area contributed by atoms with Gasteiger partial charge in [-0.25, -0.2) is 0 Å². The van der Waals surface area contributed by atoms with E-state index in [1.54, 1.807) is 0 Å². The van der Waals surface area contributed by atoms with Crippen molar-refractivity contribution in [3.05, 3.63) is 28.5 Å². The zero-order valence-electron chi connectivity index (χ0n) is 12.6. The molecule has 0 spiro atoms. The summed E-state index contributed by atoms with van der Waals surface area (Å²) in [5, 5.41) is 0. The average Bonchev–Trinajstić information content (AvgIpc) is 2.84. The van der Waals surface area contributed by atoms with Crippen LogP contribution in [-0.4, -0.2) is 33.4 Å². The maximum atomic E-state index is 12.7. The molecule has 1 saturated heterocycles. The molecule has 4 nitrogen and oxygen atoms in total. The lowest BCUT2D eigenvalue weighted by molar-refractivity contribution is -0.135. The summed E-state index contributed by atoms with van der Waals surface area (Å²) in [5.41, 5.74) is 3.19. The minimum atomic E-state index is -0.258. The molecule has 1 aliphatic heterocycles. The van der Waals surface area contributed by atoms with E-state index in [0.717, 1.165) is 42.5 Å². The Morgan fingerprint density at radius 2 is 2.00 bits per heavy atom. The number of carbonyl (C=O) groups excluding carboxylic acids is 1. The second kappa shape index (κ2) is 5.64. The Morgan fingerprint density at radius 1 is 1.29 bits per heavy atom. The first-order valence-corrected chi connectivity index (χ1v) is 7.99. The number of nitrogens with one attached hydrogen (secondary N) is 1. The SMILES string of the molecule is Cc1cccc2c1[nH]c(=S)n2C(C)C(=O)N1CCCCC1. The van der Waals surface area contributed by atoms with Crippen LogP contribution in [-0.2, 0) is 4.79 Å². The van der Waals surface area contributed by atoms with Crippen molar-refractivity contribution in [3.63, 3.8) is 0 Å². The summed E-state index contributed by atoms with van der Waals surface area (Å²) in [7, 11) is 0. The molecule has 2 heterocycles. The number of amides is 1. The number of aromatic nitrogens is 2. The van der Waals surface area contributed by atoms with E-state index < -0.39 is 0 Å². The number of likely N-dealkylation sites (tertiary alicyclic amines) is 1. The Labute approximate surface area is 129 Å². The van der Waals surface area contributed by atoms with Crippen LogP contribution in [0.2, 0.25) is 0 Å². The molecule has 1 atom stereocenters. The van der Waals surface area contributed by atoms with Crippen LogP contribution in [0.4, 0.5) is 0 Å². The number of para-hydroxylation sites is 1. The van der Waals surface area contributed by atoms with Crippen molar-refractivity contribution in [1.29, 1.82) is 0 Å². The smallest absolute Gasteiger partial charge is 0.245 e. The number of nitrogens with zero attached hydrogens (tertiary/aromatic N) is 2. The molecular weight excluding hydrogens is 282 g/mol. The minimum Gasteiger partial charge on any atom is -0.341 e. The summed E-state index contributed by atoms with van der Waals surface area (Å²) < 4.78 is 2.58. The highest BCUT2D eigenvalue weighted by atomic mass is 32.1. The number of aryl methyl sites for hydroxylation is 1. The molecule has 21 heavy (non-hydrogen) atoms. The Hall–Kier alpha value is -1.62. The Balaban J connectivity index is 1.99. The number of piperidine rings is 1. The van der Waals surface area contributed by atoms with Crippen molar-refractivity contribution >= 4 is 29.2 Å².